The predicted octanol–water partition coefficient (Wildman–Crippen LogP) is 7.95. The molecular formula is C32H33FO4. The number of rotatable bonds is 9. The first-order valence-corrected chi connectivity index (χ1v) is 13.0. The molecule has 1 unspecified atom stereocenters. The van der Waals surface area contributed by atoms with Gasteiger partial charge in [-0.15, -0.1) is 0 Å². The Hall–Kier alpha value is -3.60. The topological polar surface area (TPSA) is 66.8 Å². The van der Waals surface area contributed by atoms with Gasteiger partial charge in [0.2, 0.25) is 0 Å². The molecule has 2 N–H and O–H groups in total. The van der Waals surface area contributed by atoms with Crippen LogP contribution in [0.1, 0.15) is 68.6 Å². The highest BCUT2D eigenvalue weighted by atomic mass is 19.1. The van der Waals surface area contributed by atoms with Crippen molar-refractivity contribution in [3.05, 3.63) is 89.2 Å². The Labute approximate surface area is 217 Å². The number of carboxylic acid groups (broad SMARTS) is 1. The SMILES string of the molecule is CC1(C)CCC=C1c1cc(COc2cccc(C(CC(=O)O)C3CC3)c2)ccc1-c1cc(O)ccc1F. The first-order chi connectivity index (χ1) is 17.7. The molecule has 4 nitrogen and oxygen atoms in total. The van der Waals surface area contributed by atoms with Gasteiger partial charge in [-0.05, 0) is 107 Å². The molecule has 0 bridgehead atoms. The Morgan fingerprint density at radius 3 is 2.57 bits per heavy atom. The molecule has 37 heavy (non-hydrogen) atoms. The number of ether oxygens (including phenoxy) is 1. The highest BCUT2D eigenvalue weighted by Crippen LogP contribution is 2.48. The van der Waals surface area contributed by atoms with Crippen LogP contribution in [-0.2, 0) is 11.4 Å². The number of carboxylic acids is 1. The summed E-state index contributed by atoms with van der Waals surface area (Å²) in [6.07, 6.45) is 6.50. The highest BCUT2D eigenvalue weighted by molar-refractivity contribution is 5.85. The van der Waals surface area contributed by atoms with E-state index >= 15 is 0 Å². The molecule has 0 saturated heterocycles. The summed E-state index contributed by atoms with van der Waals surface area (Å²) in [4.78, 5) is 11.4. The number of benzene rings is 3. The van der Waals surface area contributed by atoms with E-state index in [1.807, 2.05) is 36.4 Å². The van der Waals surface area contributed by atoms with Crippen LogP contribution < -0.4 is 4.74 Å². The van der Waals surface area contributed by atoms with Crippen molar-refractivity contribution in [1.82, 2.24) is 0 Å². The second kappa shape index (κ2) is 10.0. The smallest absolute Gasteiger partial charge is 0.303 e. The van der Waals surface area contributed by atoms with E-state index in [1.165, 1.54) is 23.8 Å². The molecule has 1 atom stereocenters. The van der Waals surface area contributed by atoms with Gasteiger partial charge < -0.3 is 14.9 Å². The fourth-order valence-corrected chi connectivity index (χ4v) is 5.57. The van der Waals surface area contributed by atoms with Gasteiger partial charge in [0.1, 0.15) is 23.9 Å². The average molecular weight is 501 g/mol. The number of carbonyl (C=O) groups is 1. The molecule has 0 radical (unpaired) electrons. The van der Waals surface area contributed by atoms with Gasteiger partial charge in [-0.2, -0.15) is 0 Å². The van der Waals surface area contributed by atoms with Crippen molar-refractivity contribution in [2.75, 3.05) is 0 Å². The molecule has 192 valence electrons. The maximum Gasteiger partial charge on any atom is 0.303 e. The van der Waals surface area contributed by atoms with Crippen LogP contribution in [0, 0.1) is 17.2 Å². The zero-order valence-electron chi connectivity index (χ0n) is 21.3. The van der Waals surface area contributed by atoms with E-state index in [9.17, 15) is 19.4 Å². The molecule has 3 aromatic rings. The zero-order chi connectivity index (χ0) is 26.2. The van der Waals surface area contributed by atoms with E-state index in [4.69, 9.17) is 4.74 Å². The Morgan fingerprint density at radius 2 is 1.86 bits per heavy atom. The molecule has 1 fully saturated rings. The number of phenols is 1. The number of phenolic OH excluding ortho intramolecular Hbond substituents is 1. The van der Waals surface area contributed by atoms with Crippen LogP contribution in [0.15, 0.2) is 66.7 Å². The van der Waals surface area contributed by atoms with Crippen LogP contribution in [0.25, 0.3) is 16.7 Å². The Balaban J connectivity index is 1.43. The second-order valence-corrected chi connectivity index (χ2v) is 11.0. The van der Waals surface area contributed by atoms with Crippen molar-refractivity contribution in [1.29, 1.82) is 0 Å². The summed E-state index contributed by atoms with van der Waals surface area (Å²) in [5.41, 5.74) is 5.18. The number of aromatic hydroxyl groups is 1. The molecule has 0 amide bonds. The van der Waals surface area contributed by atoms with Gasteiger partial charge in [-0.1, -0.05) is 44.2 Å². The third kappa shape index (κ3) is 5.56. The van der Waals surface area contributed by atoms with Crippen LogP contribution in [0.5, 0.6) is 11.5 Å². The monoisotopic (exact) mass is 500 g/mol. The summed E-state index contributed by atoms with van der Waals surface area (Å²) >= 11 is 0. The zero-order valence-corrected chi connectivity index (χ0v) is 21.3. The molecule has 3 aromatic carbocycles. The van der Waals surface area contributed by atoms with Gasteiger partial charge in [-0.25, -0.2) is 4.39 Å². The van der Waals surface area contributed by atoms with Gasteiger partial charge in [0.05, 0.1) is 6.42 Å². The van der Waals surface area contributed by atoms with Gasteiger partial charge >= 0.3 is 5.97 Å². The van der Waals surface area contributed by atoms with Gasteiger partial charge in [-0.3, -0.25) is 4.79 Å². The summed E-state index contributed by atoms with van der Waals surface area (Å²) in [5.74, 6) is 0.0364. The van der Waals surface area contributed by atoms with E-state index in [-0.39, 0.29) is 29.3 Å². The summed E-state index contributed by atoms with van der Waals surface area (Å²) in [5, 5.41) is 19.4. The van der Waals surface area contributed by atoms with Crippen LogP contribution >= 0.6 is 0 Å². The third-order valence-corrected chi connectivity index (χ3v) is 7.74. The fourth-order valence-electron chi connectivity index (χ4n) is 5.57. The van der Waals surface area contributed by atoms with Crippen LogP contribution in [0.3, 0.4) is 0 Å². The minimum atomic E-state index is -0.775. The molecule has 1 saturated carbocycles. The van der Waals surface area contributed by atoms with Crippen LogP contribution in [-0.4, -0.2) is 16.2 Å². The number of hydrogen-bond acceptors (Lipinski definition) is 3. The first-order valence-electron chi connectivity index (χ1n) is 13.0. The van der Waals surface area contributed by atoms with E-state index in [2.05, 4.69) is 26.0 Å². The van der Waals surface area contributed by atoms with Gasteiger partial charge in [0.15, 0.2) is 0 Å². The molecule has 5 heteroatoms. The van der Waals surface area contributed by atoms with E-state index in [0.717, 1.165) is 47.9 Å². The quantitative estimate of drug-likeness (QED) is 0.313. The minimum Gasteiger partial charge on any atom is -0.508 e. The normalized spacial score (nSPS) is 17.3. The molecule has 0 spiro atoms. The second-order valence-electron chi connectivity index (χ2n) is 11.0. The summed E-state index contributed by atoms with van der Waals surface area (Å²) in [7, 11) is 0. The predicted molar refractivity (Wildman–Crippen MR) is 143 cm³/mol. The Bertz CT molecular complexity index is 1350. The van der Waals surface area contributed by atoms with Crippen molar-refractivity contribution in [3.63, 3.8) is 0 Å². The lowest BCUT2D eigenvalue weighted by Gasteiger charge is -2.25. The first kappa shape index (κ1) is 25.1. The van der Waals surface area contributed by atoms with Crippen LogP contribution in [0.4, 0.5) is 4.39 Å². The number of allylic oxidation sites excluding steroid dienone is 2. The number of aliphatic carboxylic acids is 1. The van der Waals surface area contributed by atoms with E-state index < -0.39 is 5.97 Å². The lowest BCUT2D eigenvalue weighted by atomic mass is 9.79. The van der Waals surface area contributed by atoms with Gasteiger partial charge in [0, 0.05) is 5.56 Å². The Morgan fingerprint density at radius 1 is 1.05 bits per heavy atom. The molecule has 0 aromatic heterocycles. The third-order valence-electron chi connectivity index (χ3n) is 7.74. The minimum absolute atomic E-state index is 0.0145. The summed E-state index contributed by atoms with van der Waals surface area (Å²) in [6, 6.07) is 17.8. The van der Waals surface area contributed by atoms with E-state index in [0.29, 0.717) is 23.8 Å². The molecule has 2 aliphatic carbocycles. The molecular weight excluding hydrogens is 467 g/mol. The molecule has 0 heterocycles. The summed E-state index contributed by atoms with van der Waals surface area (Å²) in [6.45, 7) is 4.74. The largest absolute Gasteiger partial charge is 0.508 e. The maximum atomic E-state index is 14.8. The average Bonchev–Trinajstić information content (AvgIpc) is 3.65. The van der Waals surface area contributed by atoms with Crippen molar-refractivity contribution in [2.45, 2.75) is 58.5 Å². The fraction of sp³-hybridized carbons (Fsp3) is 0.344. The maximum absolute atomic E-state index is 14.8. The Kier molecular flexibility index (Phi) is 6.80. The number of halogens is 1. The number of hydrogen-bond donors (Lipinski definition) is 2. The van der Waals surface area contributed by atoms with Crippen molar-refractivity contribution >= 4 is 11.5 Å². The van der Waals surface area contributed by atoms with Crippen molar-refractivity contribution < 1.29 is 24.1 Å². The van der Waals surface area contributed by atoms with Crippen molar-refractivity contribution in [3.8, 4) is 22.6 Å². The molecule has 2 aliphatic rings. The summed E-state index contributed by atoms with van der Waals surface area (Å²) < 4.78 is 21.0. The molecule has 0 aliphatic heterocycles. The standard InChI is InChI=1S/C32H33FO4/c1-32(2)14-4-7-29(32)27-15-20(8-12-25(27)28-17-23(34)11-13-30(28)33)19-37-24-6-3-5-22(16-24)26(18-31(35)36)21-9-10-21/h3,5-8,11-13,15-17,21,26,34H,4,9-10,14,18-19H2,1-2H3,(H,35,36). The lowest BCUT2D eigenvalue weighted by molar-refractivity contribution is -0.137. The molecule has 5 rings (SSSR count). The lowest BCUT2D eigenvalue weighted by Crippen LogP contribution is -2.10. The van der Waals surface area contributed by atoms with Crippen LogP contribution in [0.2, 0.25) is 0 Å². The highest BCUT2D eigenvalue weighted by Gasteiger charge is 2.34. The van der Waals surface area contributed by atoms with E-state index in [1.54, 1.807) is 0 Å². The van der Waals surface area contributed by atoms with Gasteiger partial charge in [0.25, 0.3) is 0 Å². The van der Waals surface area contributed by atoms with Crippen molar-refractivity contribution in [2.24, 2.45) is 11.3 Å².